The van der Waals surface area contributed by atoms with Crippen molar-refractivity contribution in [1.82, 2.24) is 10.2 Å². The van der Waals surface area contributed by atoms with Crippen LogP contribution in [0.4, 0.5) is 4.79 Å². The molecule has 4 rings (SSSR count). The summed E-state index contributed by atoms with van der Waals surface area (Å²) in [6.07, 6.45) is 1.00. The quantitative estimate of drug-likeness (QED) is 0.553. The van der Waals surface area contributed by atoms with Gasteiger partial charge in [-0.15, -0.1) is 0 Å². The number of nitrogens with zero attached hydrogens (tertiary/aromatic N) is 1. The number of aliphatic carboxylic acids is 1. The Labute approximate surface area is 206 Å². The largest absolute Gasteiger partial charge is 0.481 e. The van der Waals surface area contributed by atoms with Gasteiger partial charge in [0.25, 0.3) is 0 Å². The number of benzene rings is 2. The predicted molar refractivity (Wildman–Crippen MR) is 133 cm³/mol. The van der Waals surface area contributed by atoms with Crippen molar-refractivity contribution in [2.75, 3.05) is 26.2 Å². The summed E-state index contributed by atoms with van der Waals surface area (Å²) < 4.78 is 5.61. The molecule has 1 aliphatic heterocycles. The van der Waals surface area contributed by atoms with Crippen LogP contribution >= 0.6 is 0 Å². The summed E-state index contributed by atoms with van der Waals surface area (Å²) in [5.74, 6) is -1.11. The molecule has 0 saturated carbocycles. The number of carbonyl (C=O) groups is 3. The third-order valence-electron chi connectivity index (χ3n) is 7.34. The summed E-state index contributed by atoms with van der Waals surface area (Å²) in [6, 6.07) is 16.4. The van der Waals surface area contributed by atoms with Gasteiger partial charge in [0, 0.05) is 25.6 Å². The predicted octanol–water partition coefficient (Wildman–Crippen LogP) is 4.51. The van der Waals surface area contributed by atoms with E-state index in [-0.39, 0.29) is 49.2 Å². The number of hydrogen-bond acceptors (Lipinski definition) is 4. The zero-order valence-corrected chi connectivity index (χ0v) is 20.4. The lowest BCUT2D eigenvalue weighted by molar-refractivity contribution is -0.139. The Balaban J connectivity index is 1.33. The molecule has 1 fully saturated rings. The molecular weight excluding hydrogens is 444 g/mol. The van der Waals surface area contributed by atoms with Crippen molar-refractivity contribution in [1.29, 1.82) is 0 Å². The maximum Gasteiger partial charge on any atom is 0.407 e. The fraction of sp³-hybridized carbons (Fsp3) is 0.464. The molecule has 7 nitrogen and oxygen atoms in total. The Morgan fingerprint density at radius 2 is 1.69 bits per heavy atom. The lowest BCUT2D eigenvalue weighted by Crippen LogP contribution is -2.41. The van der Waals surface area contributed by atoms with Gasteiger partial charge in [0.1, 0.15) is 6.61 Å². The molecule has 1 aliphatic carbocycles. The van der Waals surface area contributed by atoms with Gasteiger partial charge in [-0.1, -0.05) is 68.8 Å². The van der Waals surface area contributed by atoms with Crippen LogP contribution in [0.15, 0.2) is 48.5 Å². The SMILES string of the molecule is CCCC(CNC(=O)OCC1c2ccccc2-c2ccccc21)C(=O)N1CC(C)C(CC(=O)O)C1. The topological polar surface area (TPSA) is 95.9 Å². The van der Waals surface area contributed by atoms with Crippen molar-refractivity contribution >= 4 is 18.0 Å². The third-order valence-corrected chi connectivity index (χ3v) is 7.34. The van der Waals surface area contributed by atoms with E-state index in [1.54, 1.807) is 4.90 Å². The molecule has 0 aromatic heterocycles. The minimum absolute atomic E-state index is 0.0153. The van der Waals surface area contributed by atoms with Crippen molar-refractivity contribution in [2.45, 2.75) is 39.0 Å². The Morgan fingerprint density at radius 3 is 2.29 bits per heavy atom. The molecule has 0 bridgehead atoms. The molecule has 2 amide bonds. The number of fused-ring (bicyclic) bond motifs is 3. The maximum absolute atomic E-state index is 13.2. The van der Waals surface area contributed by atoms with Crippen LogP contribution in [0, 0.1) is 17.8 Å². The number of carboxylic acid groups (broad SMARTS) is 1. The highest BCUT2D eigenvalue weighted by molar-refractivity contribution is 5.81. The number of amides is 2. The van der Waals surface area contributed by atoms with Crippen LogP contribution in [0.2, 0.25) is 0 Å². The lowest BCUT2D eigenvalue weighted by Gasteiger charge is -2.24. The van der Waals surface area contributed by atoms with Gasteiger partial charge < -0.3 is 20.1 Å². The van der Waals surface area contributed by atoms with E-state index in [0.29, 0.717) is 19.5 Å². The molecule has 2 N–H and O–H groups in total. The van der Waals surface area contributed by atoms with E-state index in [4.69, 9.17) is 9.84 Å². The summed E-state index contributed by atoms with van der Waals surface area (Å²) in [7, 11) is 0. The third kappa shape index (κ3) is 5.50. The zero-order chi connectivity index (χ0) is 24.9. The zero-order valence-electron chi connectivity index (χ0n) is 20.4. The molecule has 2 aliphatic rings. The van der Waals surface area contributed by atoms with E-state index in [2.05, 4.69) is 29.6 Å². The highest BCUT2D eigenvalue weighted by atomic mass is 16.5. The van der Waals surface area contributed by atoms with Crippen molar-refractivity contribution in [2.24, 2.45) is 17.8 Å². The molecule has 0 radical (unpaired) electrons. The summed E-state index contributed by atoms with van der Waals surface area (Å²) in [4.78, 5) is 38.6. The highest BCUT2D eigenvalue weighted by Gasteiger charge is 2.36. The first-order valence-corrected chi connectivity index (χ1v) is 12.5. The monoisotopic (exact) mass is 478 g/mol. The first-order valence-electron chi connectivity index (χ1n) is 12.5. The van der Waals surface area contributed by atoms with Crippen LogP contribution in [0.3, 0.4) is 0 Å². The molecular formula is C28H34N2O5. The van der Waals surface area contributed by atoms with Gasteiger partial charge in [0.05, 0.1) is 12.3 Å². The van der Waals surface area contributed by atoms with Gasteiger partial charge in [0.15, 0.2) is 0 Å². The van der Waals surface area contributed by atoms with Crippen LogP contribution in [-0.2, 0) is 14.3 Å². The Hall–Kier alpha value is -3.35. The average molecular weight is 479 g/mol. The first-order chi connectivity index (χ1) is 16.9. The number of alkyl carbamates (subject to hydrolysis) is 1. The number of carbonyl (C=O) groups excluding carboxylic acids is 2. The second kappa shape index (κ2) is 10.9. The number of ether oxygens (including phenoxy) is 1. The van der Waals surface area contributed by atoms with Crippen LogP contribution in [-0.4, -0.2) is 54.2 Å². The van der Waals surface area contributed by atoms with E-state index in [0.717, 1.165) is 17.5 Å². The first kappa shape index (κ1) is 24.8. The number of carboxylic acids is 1. The van der Waals surface area contributed by atoms with Crippen LogP contribution < -0.4 is 5.32 Å². The van der Waals surface area contributed by atoms with Gasteiger partial charge in [0.2, 0.25) is 5.91 Å². The fourth-order valence-corrected chi connectivity index (χ4v) is 5.48. The Kier molecular flexibility index (Phi) is 7.73. The maximum atomic E-state index is 13.2. The minimum Gasteiger partial charge on any atom is -0.481 e. The Bertz CT molecular complexity index is 1040. The number of rotatable bonds is 9. The summed E-state index contributed by atoms with van der Waals surface area (Å²) >= 11 is 0. The van der Waals surface area contributed by atoms with Crippen LogP contribution in [0.25, 0.3) is 11.1 Å². The molecule has 35 heavy (non-hydrogen) atoms. The van der Waals surface area contributed by atoms with Gasteiger partial charge in [-0.3, -0.25) is 9.59 Å². The van der Waals surface area contributed by atoms with E-state index >= 15 is 0 Å². The molecule has 1 heterocycles. The van der Waals surface area contributed by atoms with Gasteiger partial charge in [-0.05, 0) is 40.5 Å². The molecule has 3 atom stereocenters. The molecule has 7 heteroatoms. The molecule has 3 unspecified atom stereocenters. The number of hydrogen-bond donors (Lipinski definition) is 2. The van der Waals surface area contributed by atoms with Crippen molar-refractivity contribution < 1.29 is 24.2 Å². The summed E-state index contributed by atoms with van der Waals surface area (Å²) in [5, 5.41) is 11.9. The highest BCUT2D eigenvalue weighted by Crippen LogP contribution is 2.44. The van der Waals surface area contributed by atoms with E-state index in [1.807, 2.05) is 38.1 Å². The average Bonchev–Trinajstić information content (AvgIpc) is 3.37. The smallest absolute Gasteiger partial charge is 0.407 e. The van der Waals surface area contributed by atoms with E-state index < -0.39 is 12.1 Å². The van der Waals surface area contributed by atoms with Gasteiger partial charge in [-0.25, -0.2) is 4.79 Å². The molecule has 186 valence electrons. The number of likely N-dealkylation sites (tertiary alicyclic amines) is 1. The molecule has 1 saturated heterocycles. The fourth-order valence-electron chi connectivity index (χ4n) is 5.48. The number of nitrogens with one attached hydrogen (secondary N) is 1. The Morgan fingerprint density at radius 1 is 1.06 bits per heavy atom. The normalized spacial score (nSPS) is 19.7. The van der Waals surface area contributed by atoms with Crippen LogP contribution in [0.1, 0.15) is 50.2 Å². The van der Waals surface area contributed by atoms with Crippen molar-refractivity contribution in [3.8, 4) is 11.1 Å². The standard InChI is InChI=1S/C28H34N2O5/c1-3-8-19(27(33)30-15-18(2)20(16-30)13-26(31)32)14-29-28(34)35-17-25-23-11-6-4-9-21(23)22-10-5-7-12-24(22)25/h4-7,9-12,18-20,25H,3,8,13-17H2,1-2H3,(H,29,34)(H,31,32). The van der Waals surface area contributed by atoms with Crippen LogP contribution in [0.5, 0.6) is 0 Å². The lowest BCUT2D eigenvalue weighted by atomic mass is 9.95. The second-order valence-corrected chi connectivity index (χ2v) is 9.77. The molecule has 2 aromatic rings. The molecule has 2 aromatic carbocycles. The van der Waals surface area contributed by atoms with Crippen molar-refractivity contribution in [3.63, 3.8) is 0 Å². The molecule has 0 spiro atoms. The van der Waals surface area contributed by atoms with Gasteiger partial charge >= 0.3 is 12.1 Å². The second-order valence-electron chi connectivity index (χ2n) is 9.77. The summed E-state index contributed by atoms with van der Waals surface area (Å²) in [5.41, 5.74) is 4.65. The van der Waals surface area contributed by atoms with Crippen molar-refractivity contribution in [3.05, 3.63) is 59.7 Å². The van der Waals surface area contributed by atoms with E-state index in [1.165, 1.54) is 11.1 Å². The minimum atomic E-state index is -0.835. The summed E-state index contributed by atoms with van der Waals surface area (Å²) in [6.45, 7) is 5.45. The van der Waals surface area contributed by atoms with Gasteiger partial charge in [-0.2, -0.15) is 0 Å². The van der Waals surface area contributed by atoms with E-state index in [9.17, 15) is 14.4 Å².